The Morgan fingerprint density at radius 2 is 1.94 bits per heavy atom. The summed E-state index contributed by atoms with van der Waals surface area (Å²) in [7, 11) is 1.44. The second-order valence-corrected chi connectivity index (χ2v) is 7.97. The van der Waals surface area contributed by atoms with Crippen molar-refractivity contribution in [2.75, 3.05) is 7.11 Å². The first-order chi connectivity index (χ1) is 15.3. The van der Waals surface area contributed by atoms with Gasteiger partial charge in [-0.3, -0.25) is 10.2 Å². The Labute approximate surface area is 192 Å². The standard InChI is InChI=1S/C23H18BrN3O5/c1-12-4-6-15(7-5-12)23(29)31-20-17(24)10-14(11-18(20)30-3)9-16-21(25)27-19(26-22(16)28)8-13(2)32-27/h4-11,25H,1-3H3/b16-9+,25-21?. The molecule has 0 aromatic heterocycles. The fraction of sp³-hybridized carbons (Fsp3) is 0.130. The number of hydroxylamine groups is 2. The van der Waals surface area contributed by atoms with Crippen LogP contribution in [0.4, 0.5) is 0 Å². The zero-order valence-corrected chi connectivity index (χ0v) is 19.0. The molecule has 4 rings (SSSR count). The quantitative estimate of drug-likeness (QED) is 0.382. The molecule has 2 aliphatic rings. The number of allylic oxidation sites excluding steroid dienone is 1. The zero-order chi connectivity index (χ0) is 23.0. The summed E-state index contributed by atoms with van der Waals surface area (Å²) in [5.41, 5.74) is 2.03. The highest BCUT2D eigenvalue weighted by Crippen LogP contribution is 2.38. The largest absolute Gasteiger partial charge is 0.493 e. The lowest BCUT2D eigenvalue weighted by Gasteiger charge is -2.23. The number of amides is 1. The van der Waals surface area contributed by atoms with E-state index in [4.69, 9.17) is 19.7 Å². The Hall–Kier alpha value is -3.72. The number of ether oxygens (including phenoxy) is 2. The van der Waals surface area contributed by atoms with Gasteiger partial charge in [0, 0.05) is 6.08 Å². The number of benzene rings is 2. The van der Waals surface area contributed by atoms with Crippen LogP contribution in [0.25, 0.3) is 6.08 Å². The summed E-state index contributed by atoms with van der Waals surface area (Å²) in [4.78, 5) is 34.4. The fourth-order valence-corrected chi connectivity index (χ4v) is 3.67. The summed E-state index contributed by atoms with van der Waals surface area (Å²) < 4.78 is 11.4. The highest BCUT2D eigenvalue weighted by Gasteiger charge is 2.34. The number of methoxy groups -OCH3 is 1. The predicted molar refractivity (Wildman–Crippen MR) is 122 cm³/mol. The van der Waals surface area contributed by atoms with Gasteiger partial charge in [-0.2, -0.15) is 4.99 Å². The van der Waals surface area contributed by atoms with Crippen LogP contribution >= 0.6 is 15.9 Å². The SMILES string of the molecule is COc1cc(/C=C2\C(=N)N3OC(C)=CC3=NC2=O)cc(Br)c1OC(=O)c1ccc(C)cc1. The van der Waals surface area contributed by atoms with Crippen molar-refractivity contribution in [1.29, 1.82) is 5.41 Å². The van der Waals surface area contributed by atoms with E-state index in [0.29, 0.717) is 21.4 Å². The predicted octanol–water partition coefficient (Wildman–Crippen LogP) is 4.44. The van der Waals surface area contributed by atoms with E-state index in [1.54, 1.807) is 37.3 Å². The molecule has 162 valence electrons. The van der Waals surface area contributed by atoms with Crippen LogP contribution < -0.4 is 9.47 Å². The van der Waals surface area contributed by atoms with Gasteiger partial charge < -0.3 is 14.3 Å². The molecule has 0 spiro atoms. The summed E-state index contributed by atoms with van der Waals surface area (Å²) in [5, 5.41) is 9.51. The Kier molecular flexibility index (Phi) is 5.67. The maximum absolute atomic E-state index is 12.5. The van der Waals surface area contributed by atoms with E-state index in [1.165, 1.54) is 18.2 Å². The number of nitrogens with zero attached hydrogens (tertiary/aromatic N) is 2. The number of hydrogen-bond acceptors (Lipinski definition) is 6. The van der Waals surface area contributed by atoms with Crippen molar-refractivity contribution in [3.63, 3.8) is 0 Å². The molecule has 0 radical (unpaired) electrons. The normalized spacial score (nSPS) is 16.4. The van der Waals surface area contributed by atoms with Gasteiger partial charge in [0.2, 0.25) is 0 Å². The number of amidine groups is 2. The van der Waals surface area contributed by atoms with E-state index in [2.05, 4.69) is 20.9 Å². The Morgan fingerprint density at radius 1 is 1.22 bits per heavy atom. The Balaban J connectivity index is 1.64. The first-order valence-corrected chi connectivity index (χ1v) is 10.3. The molecule has 2 aromatic carbocycles. The van der Waals surface area contributed by atoms with Gasteiger partial charge in [0.15, 0.2) is 23.2 Å². The molecular weight excluding hydrogens is 478 g/mol. The molecule has 2 aliphatic heterocycles. The molecular formula is C23H18BrN3O5. The molecule has 0 bridgehead atoms. The van der Waals surface area contributed by atoms with Crippen molar-refractivity contribution in [3.8, 4) is 11.5 Å². The average molecular weight is 496 g/mol. The molecule has 2 aromatic rings. The number of hydrogen-bond donors (Lipinski definition) is 1. The summed E-state index contributed by atoms with van der Waals surface area (Å²) in [5.74, 6) is 0.0708. The number of nitrogens with one attached hydrogen (secondary N) is 1. The van der Waals surface area contributed by atoms with Gasteiger partial charge in [-0.25, -0.2) is 4.79 Å². The maximum atomic E-state index is 12.5. The number of aliphatic imine (C=N–C) groups is 1. The maximum Gasteiger partial charge on any atom is 0.343 e. The van der Waals surface area contributed by atoms with Crippen LogP contribution in [0.1, 0.15) is 28.4 Å². The van der Waals surface area contributed by atoms with Gasteiger partial charge in [0.1, 0.15) is 5.76 Å². The van der Waals surface area contributed by atoms with Gasteiger partial charge in [0.05, 0.1) is 22.7 Å². The number of halogens is 1. The smallest absolute Gasteiger partial charge is 0.343 e. The number of carbonyl (C=O) groups is 2. The molecule has 8 nitrogen and oxygen atoms in total. The van der Waals surface area contributed by atoms with Gasteiger partial charge in [-0.15, -0.1) is 5.06 Å². The monoisotopic (exact) mass is 495 g/mol. The highest BCUT2D eigenvalue weighted by molar-refractivity contribution is 9.10. The van der Waals surface area contributed by atoms with Crippen LogP contribution in [-0.4, -0.2) is 35.7 Å². The Bertz CT molecular complexity index is 1250. The number of carbonyl (C=O) groups excluding carboxylic acids is 2. The molecule has 0 aliphatic carbocycles. The molecule has 0 unspecified atom stereocenters. The summed E-state index contributed by atoms with van der Waals surface area (Å²) >= 11 is 3.40. The molecule has 0 saturated carbocycles. The molecule has 1 amide bonds. The zero-order valence-electron chi connectivity index (χ0n) is 17.4. The van der Waals surface area contributed by atoms with E-state index in [0.717, 1.165) is 5.56 Å². The lowest BCUT2D eigenvalue weighted by atomic mass is 10.1. The third-order valence-electron chi connectivity index (χ3n) is 4.73. The Morgan fingerprint density at radius 3 is 2.62 bits per heavy atom. The number of fused-ring (bicyclic) bond motifs is 1. The number of aryl methyl sites for hydroxylation is 1. The van der Waals surface area contributed by atoms with Crippen LogP contribution in [0.3, 0.4) is 0 Å². The van der Waals surface area contributed by atoms with Crippen molar-refractivity contribution < 1.29 is 23.9 Å². The topological polar surface area (TPSA) is 101 Å². The van der Waals surface area contributed by atoms with Crippen LogP contribution in [0.2, 0.25) is 0 Å². The highest BCUT2D eigenvalue weighted by atomic mass is 79.9. The van der Waals surface area contributed by atoms with Gasteiger partial charge in [-0.1, -0.05) is 17.7 Å². The lowest BCUT2D eigenvalue weighted by molar-refractivity contribution is -0.114. The van der Waals surface area contributed by atoms with Crippen molar-refractivity contribution in [2.24, 2.45) is 4.99 Å². The summed E-state index contributed by atoms with van der Waals surface area (Å²) in [6.45, 7) is 3.64. The fourth-order valence-electron chi connectivity index (χ4n) is 3.13. The molecule has 0 atom stereocenters. The third-order valence-corrected chi connectivity index (χ3v) is 5.31. The minimum Gasteiger partial charge on any atom is -0.493 e. The van der Waals surface area contributed by atoms with Gasteiger partial charge >= 0.3 is 5.97 Å². The number of rotatable bonds is 4. The average Bonchev–Trinajstić information content (AvgIpc) is 3.13. The van der Waals surface area contributed by atoms with E-state index in [1.807, 2.05) is 19.1 Å². The lowest BCUT2D eigenvalue weighted by Crippen LogP contribution is -2.38. The van der Waals surface area contributed by atoms with Crippen molar-refractivity contribution in [2.45, 2.75) is 13.8 Å². The molecule has 9 heteroatoms. The van der Waals surface area contributed by atoms with Crippen LogP contribution in [0.15, 0.2) is 63.3 Å². The van der Waals surface area contributed by atoms with E-state index in [-0.39, 0.29) is 28.7 Å². The van der Waals surface area contributed by atoms with Crippen LogP contribution in [0.5, 0.6) is 11.5 Å². The van der Waals surface area contributed by atoms with Crippen molar-refractivity contribution in [3.05, 3.63) is 75.0 Å². The first-order valence-electron chi connectivity index (χ1n) is 9.53. The van der Waals surface area contributed by atoms with Crippen LogP contribution in [-0.2, 0) is 9.63 Å². The van der Waals surface area contributed by atoms with E-state index in [9.17, 15) is 9.59 Å². The van der Waals surface area contributed by atoms with Gasteiger partial charge in [0.25, 0.3) is 5.91 Å². The molecule has 32 heavy (non-hydrogen) atoms. The van der Waals surface area contributed by atoms with E-state index < -0.39 is 11.9 Å². The number of esters is 1. The molecule has 0 saturated heterocycles. The second-order valence-electron chi connectivity index (χ2n) is 7.11. The second kappa shape index (κ2) is 8.43. The van der Waals surface area contributed by atoms with Crippen LogP contribution in [0, 0.1) is 12.3 Å². The third kappa shape index (κ3) is 4.06. The molecule has 2 heterocycles. The minimum absolute atomic E-state index is 0.0511. The summed E-state index contributed by atoms with van der Waals surface area (Å²) in [6, 6.07) is 10.3. The van der Waals surface area contributed by atoms with Crippen molar-refractivity contribution >= 4 is 45.6 Å². The molecule has 1 N–H and O–H groups in total. The van der Waals surface area contributed by atoms with Gasteiger partial charge in [-0.05, 0) is 65.7 Å². The minimum atomic E-state index is -0.555. The summed E-state index contributed by atoms with van der Waals surface area (Å²) in [6.07, 6.45) is 3.08. The molecule has 0 fully saturated rings. The first kappa shape index (κ1) is 21.5. The van der Waals surface area contributed by atoms with Crippen molar-refractivity contribution in [1.82, 2.24) is 5.06 Å². The van der Waals surface area contributed by atoms with E-state index >= 15 is 0 Å².